The van der Waals surface area contributed by atoms with Crippen LogP contribution in [0, 0.1) is 0 Å². The van der Waals surface area contributed by atoms with E-state index in [0.29, 0.717) is 11.3 Å². The lowest BCUT2D eigenvalue weighted by molar-refractivity contribution is -0.147. The fourth-order valence-corrected chi connectivity index (χ4v) is 2.68. The van der Waals surface area contributed by atoms with Gasteiger partial charge < -0.3 is 15.4 Å². The van der Waals surface area contributed by atoms with Crippen LogP contribution in [0.5, 0.6) is 0 Å². The van der Waals surface area contributed by atoms with Crippen molar-refractivity contribution in [1.29, 1.82) is 0 Å². The van der Waals surface area contributed by atoms with Gasteiger partial charge in [0.05, 0.1) is 6.42 Å². The number of thioether (sulfide) groups is 1. The Morgan fingerprint density at radius 3 is 2.33 bits per heavy atom. The number of ether oxygens (including phenoxy) is 1. The van der Waals surface area contributed by atoms with Crippen molar-refractivity contribution in [2.24, 2.45) is 0 Å². The molecule has 0 saturated carbocycles. The minimum Gasteiger partial charge on any atom is -0.455 e. The summed E-state index contributed by atoms with van der Waals surface area (Å²) in [7, 11) is 0. The molecule has 142 valence electrons. The number of benzene rings is 2. The zero-order chi connectivity index (χ0) is 19.6. The van der Waals surface area contributed by atoms with E-state index in [1.807, 2.05) is 24.5 Å². The van der Waals surface area contributed by atoms with Crippen LogP contribution in [0.1, 0.15) is 23.7 Å². The first-order valence-corrected chi connectivity index (χ1v) is 9.66. The highest BCUT2D eigenvalue weighted by Crippen LogP contribution is 2.17. The zero-order valence-corrected chi connectivity index (χ0v) is 16.0. The highest BCUT2D eigenvalue weighted by atomic mass is 32.2. The minimum absolute atomic E-state index is 0.0196. The molecule has 0 saturated heterocycles. The molecule has 0 fully saturated rings. The van der Waals surface area contributed by atoms with Gasteiger partial charge in [0.15, 0.2) is 6.61 Å². The van der Waals surface area contributed by atoms with Gasteiger partial charge in [0, 0.05) is 22.2 Å². The summed E-state index contributed by atoms with van der Waals surface area (Å²) in [5.74, 6) is -1.23. The van der Waals surface area contributed by atoms with Crippen LogP contribution in [0.15, 0.2) is 59.5 Å². The standard InChI is InChI=1S/C20H22N2O4S/c1-14(21-20(25)15-6-4-3-5-7-15)12-19(24)26-13-18(23)22-16-8-10-17(27-2)11-9-16/h3-11,14H,12-13H2,1-2H3,(H,21,25)(H,22,23). The molecule has 27 heavy (non-hydrogen) atoms. The molecule has 1 unspecified atom stereocenters. The topological polar surface area (TPSA) is 84.5 Å². The van der Waals surface area contributed by atoms with Crippen molar-refractivity contribution < 1.29 is 19.1 Å². The van der Waals surface area contributed by atoms with E-state index in [0.717, 1.165) is 4.90 Å². The Labute approximate surface area is 162 Å². The predicted molar refractivity (Wildman–Crippen MR) is 106 cm³/mol. The molecular weight excluding hydrogens is 364 g/mol. The monoisotopic (exact) mass is 386 g/mol. The van der Waals surface area contributed by atoms with E-state index in [4.69, 9.17) is 4.74 Å². The Hall–Kier alpha value is -2.80. The maximum Gasteiger partial charge on any atom is 0.308 e. The summed E-state index contributed by atoms with van der Waals surface area (Å²) in [6, 6.07) is 15.7. The predicted octanol–water partition coefficient (Wildman–Crippen LogP) is 3.10. The summed E-state index contributed by atoms with van der Waals surface area (Å²) in [4.78, 5) is 36.8. The van der Waals surface area contributed by atoms with Gasteiger partial charge in [-0.25, -0.2) is 0 Å². The van der Waals surface area contributed by atoms with Gasteiger partial charge in [0.2, 0.25) is 0 Å². The summed E-state index contributed by atoms with van der Waals surface area (Å²) in [6.45, 7) is 1.33. The molecule has 0 aromatic heterocycles. The van der Waals surface area contributed by atoms with Crippen molar-refractivity contribution in [2.45, 2.75) is 24.3 Å². The molecule has 0 aliphatic carbocycles. The Kier molecular flexibility index (Phi) is 7.88. The van der Waals surface area contributed by atoms with Gasteiger partial charge in [-0.05, 0) is 49.6 Å². The maximum atomic E-state index is 12.0. The number of hydrogen-bond acceptors (Lipinski definition) is 5. The highest BCUT2D eigenvalue weighted by Gasteiger charge is 2.15. The molecule has 2 rings (SSSR count). The normalized spacial score (nSPS) is 11.3. The molecule has 2 amide bonds. The zero-order valence-electron chi connectivity index (χ0n) is 15.2. The lowest BCUT2D eigenvalue weighted by atomic mass is 10.2. The van der Waals surface area contributed by atoms with Crippen LogP contribution in [0.2, 0.25) is 0 Å². The molecule has 0 radical (unpaired) electrons. The molecule has 6 nitrogen and oxygen atoms in total. The van der Waals surface area contributed by atoms with Gasteiger partial charge in [-0.15, -0.1) is 11.8 Å². The third kappa shape index (κ3) is 7.15. The molecule has 2 aromatic rings. The lowest BCUT2D eigenvalue weighted by Gasteiger charge is -2.13. The molecule has 1 atom stereocenters. The molecule has 7 heteroatoms. The number of anilines is 1. The van der Waals surface area contributed by atoms with Gasteiger partial charge in [0.1, 0.15) is 0 Å². The molecular formula is C20H22N2O4S. The second-order valence-electron chi connectivity index (χ2n) is 5.88. The summed E-state index contributed by atoms with van der Waals surface area (Å²) in [6.07, 6.45) is 1.95. The second-order valence-corrected chi connectivity index (χ2v) is 6.76. The molecule has 0 bridgehead atoms. The molecule has 0 aliphatic heterocycles. The largest absolute Gasteiger partial charge is 0.455 e. The van der Waals surface area contributed by atoms with Crippen molar-refractivity contribution in [2.75, 3.05) is 18.2 Å². The van der Waals surface area contributed by atoms with Crippen LogP contribution in [0.4, 0.5) is 5.69 Å². The van der Waals surface area contributed by atoms with Gasteiger partial charge in [0.25, 0.3) is 11.8 Å². The molecule has 2 aromatic carbocycles. The van der Waals surface area contributed by atoms with Crippen molar-refractivity contribution in [3.05, 3.63) is 60.2 Å². The lowest BCUT2D eigenvalue weighted by Crippen LogP contribution is -2.35. The van der Waals surface area contributed by atoms with Gasteiger partial charge in [-0.2, -0.15) is 0 Å². The summed E-state index contributed by atoms with van der Waals surface area (Å²) < 4.78 is 4.97. The van der Waals surface area contributed by atoms with Crippen LogP contribution in [-0.2, 0) is 14.3 Å². The molecule has 0 aliphatic rings. The number of hydrogen-bond donors (Lipinski definition) is 2. The van der Waals surface area contributed by atoms with Crippen LogP contribution in [0.25, 0.3) is 0 Å². The van der Waals surface area contributed by atoms with E-state index < -0.39 is 17.9 Å². The summed E-state index contributed by atoms with van der Waals surface area (Å²) in [5, 5.41) is 5.38. The summed E-state index contributed by atoms with van der Waals surface area (Å²) in [5.41, 5.74) is 1.15. The highest BCUT2D eigenvalue weighted by molar-refractivity contribution is 7.98. The Bertz CT molecular complexity index is 778. The summed E-state index contributed by atoms with van der Waals surface area (Å²) >= 11 is 1.61. The van der Waals surface area contributed by atoms with Crippen LogP contribution in [0.3, 0.4) is 0 Å². The van der Waals surface area contributed by atoms with Crippen molar-refractivity contribution >= 4 is 35.2 Å². The number of rotatable bonds is 8. The minimum atomic E-state index is -0.552. The SMILES string of the molecule is CSc1ccc(NC(=O)COC(=O)CC(C)NC(=O)c2ccccc2)cc1. The first-order valence-electron chi connectivity index (χ1n) is 8.43. The van der Waals surface area contributed by atoms with E-state index in [9.17, 15) is 14.4 Å². The third-order valence-electron chi connectivity index (χ3n) is 3.62. The Balaban J connectivity index is 1.71. The van der Waals surface area contributed by atoms with Gasteiger partial charge in [-0.1, -0.05) is 18.2 Å². The third-order valence-corrected chi connectivity index (χ3v) is 4.37. The van der Waals surface area contributed by atoms with Crippen molar-refractivity contribution in [3.63, 3.8) is 0 Å². The molecule has 0 heterocycles. The number of esters is 1. The Morgan fingerprint density at radius 2 is 1.70 bits per heavy atom. The second kappa shape index (κ2) is 10.4. The van der Waals surface area contributed by atoms with E-state index in [2.05, 4.69) is 10.6 Å². The van der Waals surface area contributed by atoms with E-state index >= 15 is 0 Å². The Morgan fingerprint density at radius 1 is 1.04 bits per heavy atom. The van der Waals surface area contributed by atoms with Crippen LogP contribution < -0.4 is 10.6 Å². The number of nitrogens with one attached hydrogen (secondary N) is 2. The van der Waals surface area contributed by atoms with Crippen LogP contribution >= 0.6 is 11.8 Å². The van der Waals surface area contributed by atoms with Gasteiger partial charge >= 0.3 is 5.97 Å². The van der Waals surface area contributed by atoms with E-state index in [1.54, 1.807) is 55.1 Å². The van der Waals surface area contributed by atoms with Crippen molar-refractivity contribution in [1.82, 2.24) is 5.32 Å². The maximum absolute atomic E-state index is 12.0. The quantitative estimate of drug-likeness (QED) is 0.538. The fourth-order valence-electron chi connectivity index (χ4n) is 2.27. The molecule has 2 N–H and O–H groups in total. The average Bonchev–Trinajstić information content (AvgIpc) is 2.67. The average molecular weight is 386 g/mol. The number of amides is 2. The fraction of sp³-hybridized carbons (Fsp3) is 0.250. The van der Waals surface area contributed by atoms with Crippen molar-refractivity contribution in [3.8, 4) is 0 Å². The number of carbonyl (C=O) groups excluding carboxylic acids is 3. The smallest absolute Gasteiger partial charge is 0.308 e. The van der Waals surface area contributed by atoms with Crippen LogP contribution in [-0.4, -0.2) is 36.7 Å². The van der Waals surface area contributed by atoms with Gasteiger partial charge in [-0.3, -0.25) is 14.4 Å². The molecule has 0 spiro atoms. The van der Waals surface area contributed by atoms with E-state index in [1.165, 1.54) is 0 Å². The first kappa shape index (κ1) is 20.5. The van der Waals surface area contributed by atoms with E-state index in [-0.39, 0.29) is 18.9 Å². The number of carbonyl (C=O) groups is 3. The first-order chi connectivity index (χ1) is 13.0.